The molecule has 0 N–H and O–H groups in total. The van der Waals surface area contributed by atoms with Gasteiger partial charge in [0.15, 0.2) is 0 Å². The van der Waals surface area contributed by atoms with Gasteiger partial charge in [-0.2, -0.15) is 0 Å². The lowest BCUT2D eigenvalue weighted by Gasteiger charge is -2.22. The third-order valence-corrected chi connectivity index (χ3v) is 3.77. The summed E-state index contributed by atoms with van der Waals surface area (Å²) in [6.45, 7) is 2.42. The van der Waals surface area contributed by atoms with Crippen LogP contribution >= 0.6 is 0 Å². The third-order valence-electron chi connectivity index (χ3n) is 1.80. The van der Waals surface area contributed by atoms with Gasteiger partial charge >= 0.3 is 0 Å². The van der Waals surface area contributed by atoms with Crippen LogP contribution in [0.5, 0.6) is 0 Å². The van der Waals surface area contributed by atoms with Gasteiger partial charge in [0.1, 0.15) is 0 Å². The Kier molecular flexibility index (Phi) is 1.30. The topological polar surface area (TPSA) is 0 Å². The molecule has 0 aliphatic heterocycles. The molecule has 0 aromatic rings. The smallest absolute Gasteiger partial charge is 0.0201 e. The van der Waals surface area contributed by atoms with Crippen LogP contribution in [0.15, 0.2) is 0 Å². The van der Waals surface area contributed by atoms with E-state index in [0.29, 0.717) is 9.52 Å². The Labute approximate surface area is 41.8 Å². The molecule has 0 saturated heterocycles. The highest BCUT2D eigenvalue weighted by molar-refractivity contribution is 6.35. The van der Waals surface area contributed by atoms with E-state index in [2.05, 4.69) is 6.55 Å². The van der Waals surface area contributed by atoms with Crippen molar-refractivity contribution in [2.45, 2.75) is 31.4 Å². The summed E-state index contributed by atoms with van der Waals surface area (Å²) in [7, 11) is 0.425. The maximum atomic E-state index is 2.42. The van der Waals surface area contributed by atoms with Crippen LogP contribution < -0.4 is 0 Å². The molecule has 0 bridgehead atoms. The van der Waals surface area contributed by atoms with Gasteiger partial charge in [0.05, 0.1) is 0 Å². The van der Waals surface area contributed by atoms with Crippen LogP contribution in [0.2, 0.25) is 12.1 Å². The molecule has 1 rings (SSSR count). The number of rotatable bonds is 1. The first-order valence-corrected chi connectivity index (χ1v) is 5.16. The van der Waals surface area contributed by atoms with Gasteiger partial charge in [-0.3, -0.25) is 0 Å². The minimum absolute atomic E-state index is 0.425. The van der Waals surface area contributed by atoms with Crippen LogP contribution in [0, 0.1) is 0 Å². The number of hydrogen-bond donors (Lipinski definition) is 0. The van der Waals surface area contributed by atoms with E-state index in [1.807, 2.05) is 0 Å². The first kappa shape index (κ1) is 4.38. The Morgan fingerprint density at radius 2 is 2.17 bits per heavy atom. The molecule has 0 heterocycles. The summed E-state index contributed by atoms with van der Waals surface area (Å²) in [5.74, 6) is 0. The highest BCUT2D eigenvalue weighted by Gasteiger charge is 2.13. The molecule has 36 valence electrons. The summed E-state index contributed by atoms with van der Waals surface area (Å²) < 4.78 is 0. The van der Waals surface area contributed by atoms with Crippen molar-refractivity contribution in [2.24, 2.45) is 0 Å². The minimum Gasteiger partial charge on any atom is -0.0746 e. The van der Waals surface area contributed by atoms with E-state index in [-0.39, 0.29) is 0 Å². The summed E-state index contributed by atoms with van der Waals surface area (Å²) in [4.78, 5) is 0. The quantitative estimate of drug-likeness (QED) is 0.434. The maximum Gasteiger partial charge on any atom is 0.0201 e. The summed E-state index contributed by atoms with van der Waals surface area (Å²) in [5, 5.41) is 0. The van der Waals surface area contributed by atoms with Gasteiger partial charge in [0.2, 0.25) is 0 Å². The molecule has 1 aliphatic rings. The van der Waals surface area contributed by atoms with Crippen molar-refractivity contribution in [1.82, 2.24) is 0 Å². The van der Waals surface area contributed by atoms with E-state index in [1.54, 1.807) is 12.8 Å². The Bertz CT molecular complexity index is 36.4. The van der Waals surface area contributed by atoms with Crippen molar-refractivity contribution in [3.05, 3.63) is 0 Å². The molecule has 1 heteroatoms. The van der Waals surface area contributed by atoms with Crippen molar-refractivity contribution in [3.8, 4) is 0 Å². The van der Waals surface area contributed by atoms with Crippen molar-refractivity contribution in [1.29, 1.82) is 0 Å². The molecule has 0 radical (unpaired) electrons. The van der Waals surface area contributed by atoms with E-state index in [9.17, 15) is 0 Å². The lowest BCUT2D eigenvalue weighted by atomic mass is 10.00. The van der Waals surface area contributed by atoms with Gasteiger partial charge in [-0.15, -0.1) is 0 Å². The van der Waals surface area contributed by atoms with Crippen LogP contribution in [-0.2, 0) is 0 Å². The van der Waals surface area contributed by atoms with E-state index in [0.717, 1.165) is 0 Å². The molecule has 0 nitrogen and oxygen atoms in total. The van der Waals surface area contributed by atoms with Crippen molar-refractivity contribution < 1.29 is 0 Å². The third kappa shape index (κ3) is 0.646. The van der Waals surface area contributed by atoms with Gasteiger partial charge in [-0.25, -0.2) is 0 Å². The second-order valence-electron chi connectivity index (χ2n) is 2.21. The zero-order chi connectivity index (χ0) is 4.41. The van der Waals surface area contributed by atoms with Crippen LogP contribution in [0.3, 0.4) is 0 Å². The average Bonchev–Trinajstić information content (AvgIpc) is 1.31. The van der Waals surface area contributed by atoms with Crippen LogP contribution in [0.1, 0.15) is 19.3 Å². The van der Waals surface area contributed by atoms with E-state index in [4.69, 9.17) is 0 Å². The summed E-state index contributed by atoms with van der Waals surface area (Å²) in [6, 6.07) is 0. The molecule has 1 aliphatic carbocycles. The molecular weight excluding hydrogens is 88.1 g/mol. The number of hydrogen-bond acceptors (Lipinski definition) is 0. The molecule has 0 amide bonds. The molecule has 0 unspecified atom stereocenters. The maximum absolute atomic E-state index is 2.42. The summed E-state index contributed by atoms with van der Waals surface area (Å²) >= 11 is 0. The zero-order valence-corrected chi connectivity index (χ0v) is 5.82. The Morgan fingerprint density at radius 3 is 2.17 bits per heavy atom. The fourth-order valence-corrected chi connectivity index (χ4v) is 2.29. The molecular formula is C5H12Si. The Hall–Kier alpha value is 0.217. The fraction of sp³-hybridized carbons (Fsp3) is 1.00. The molecule has 0 aromatic heterocycles. The molecule has 1 fully saturated rings. The van der Waals surface area contributed by atoms with Gasteiger partial charge in [-0.1, -0.05) is 31.4 Å². The lowest BCUT2D eigenvalue weighted by Crippen LogP contribution is -2.08. The normalized spacial score (nSPS) is 25.5. The highest BCUT2D eigenvalue weighted by Crippen LogP contribution is 2.30. The lowest BCUT2D eigenvalue weighted by molar-refractivity contribution is 0.499. The highest BCUT2D eigenvalue weighted by atomic mass is 28.2. The fourth-order valence-electron chi connectivity index (χ4n) is 0.901. The minimum atomic E-state index is 0.425. The van der Waals surface area contributed by atoms with Crippen molar-refractivity contribution in [2.75, 3.05) is 0 Å². The molecule has 0 spiro atoms. The predicted molar refractivity (Wildman–Crippen MR) is 32.0 cm³/mol. The first-order valence-electron chi connectivity index (χ1n) is 2.93. The Morgan fingerprint density at radius 1 is 1.50 bits per heavy atom. The van der Waals surface area contributed by atoms with Crippen LogP contribution in [0.4, 0.5) is 0 Å². The van der Waals surface area contributed by atoms with Crippen LogP contribution in [0.25, 0.3) is 0 Å². The van der Waals surface area contributed by atoms with Crippen molar-refractivity contribution >= 4 is 9.52 Å². The molecule has 0 aromatic carbocycles. The SMILES string of the molecule is C[SiH2]C1CCC1. The van der Waals surface area contributed by atoms with Crippen molar-refractivity contribution in [3.63, 3.8) is 0 Å². The summed E-state index contributed by atoms with van der Waals surface area (Å²) in [5.41, 5.74) is 1.25. The largest absolute Gasteiger partial charge is 0.0746 e. The molecule has 0 atom stereocenters. The Balaban J connectivity index is 2.01. The second-order valence-corrected chi connectivity index (χ2v) is 4.18. The van der Waals surface area contributed by atoms with Crippen LogP contribution in [-0.4, -0.2) is 9.52 Å². The molecule has 1 saturated carbocycles. The first-order chi connectivity index (χ1) is 2.93. The van der Waals surface area contributed by atoms with E-state index in [1.165, 1.54) is 12.0 Å². The standard InChI is InChI=1S/C5H12Si/c1-6-5-3-2-4-5/h5H,2-4,6H2,1H3. The van der Waals surface area contributed by atoms with E-state index < -0.39 is 0 Å². The second kappa shape index (κ2) is 1.78. The summed E-state index contributed by atoms with van der Waals surface area (Å²) in [6.07, 6.45) is 4.68. The van der Waals surface area contributed by atoms with Gasteiger partial charge in [0.25, 0.3) is 0 Å². The zero-order valence-electron chi connectivity index (χ0n) is 4.41. The monoisotopic (exact) mass is 100 g/mol. The average molecular weight is 100 g/mol. The van der Waals surface area contributed by atoms with Gasteiger partial charge in [-0.05, 0) is 0 Å². The predicted octanol–water partition coefficient (Wildman–Crippen LogP) is 1.18. The molecule has 6 heavy (non-hydrogen) atoms. The van der Waals surface area contributed by atoms with Gasteiger partial charge in [0, 0.05) is 9.52 Å². The van der Waals surface area contributed by atoms with Gasteiger partial charge < -0.3 is 0 Å². The van der Waals surface area contributed by atoms with E-state index >= 15 is 0 Å².